The minimum atomic E-state index is -4.91. The molecule has 0 aromatic rings. The van der Waals surface area contributed by atoms with Crippen molar-refractivity contribution in [3.63, 3.8) is 0 Å². The summed E-state index contributed by atoms with van der Waals surface area (Å²) in [6.45, 7) is -1.17. The minimum Gasteiger partial charge on any atom is -0.388 e. The summed E-state index contributed by atoms with van der Waals surface area (Å²) in [5.41, 5.74) is 0. The highest BCUT2D eigenvalue weighted by molar-refractivity contribution is 7.83. The Kier molecular flexibility index (Phi) is 7.08. The van der Waals surface area contributed by atoms with Gasteiger partial charge in [0.15, 0.2) is 0 Å². The van der Waals surface area contributed by atoms with E-state index in [2.05, 4.69) is 4.18 Å². The van der Waals surface area contributed by atoms with Crippen LogP contribution in [0.1, 0.15) is 0 Å². The van der Waals surface area contributed by atoms with E-state index in [1.165, 1.54) is 4.72 Å². The van der Waals surface area contributed by atoms with Gasteiger partial charge in [-0.3, -0.25) is 9.11 Å². The molecule has 0 aromatic heterocycles. The monoisotopic (exact) mass is 339 g/mol. The first-order valence-corrected chi connectivity index (χ1v) is 7.54. The van der Waals surface area contributed by atoms with E-state index in [1.807, 2.05) is 0 Å². The molecule has 0 amide bonds. The molecule has 0 radical (unpaired) electrons. The molecule has 4 atom stereocenters. The number of rotatable bonds is 9. The maximum Gasteiger partial charge on any atom is 0.397 e. The van der Waals surface area contributed by atoms with Crippen molar-refractivity contribution in [1.29, 1.82) is 0 Å². The summed E-state index contributed by atoms with van der Waals surface area (Å²) in [5.74, 6) is 0. The molecule has 0 aliphatic carbocycles. The molecule has 0 fully saturated rings. The standard InChI is InChI=1S/C6H13NO11S2/c8-1-3(7-19(12,13)14)5(10)6(11)4(9)2-18-20(15,16)17/h1,3-7,9-11H,2H2,(H,12,13,14)(H,15,16,17)/t3-,4+,5+,6-/m0/s1. The fourth-order valence-electron chi connectivity index (χ4n) is 1.04. The number of hydrogen-bond donors (Lipinski definition) is 6. The van der Waals surface area contributed by atoms with Gasteiger partial charge in [-0.2, -0.15) is 21.6 Å². The molecule has 0 bridgehead atoms. The van der Waals surface area contributed by atoms with Crippen molar-refractivity contribution < 1.29 is 50.2 Å². The molecule has 6 N–H and O–H groups in total. The molecule has 0 heterocycles. The first kappa shape index (κ1) is 19.3. The minimum absolute atomic E-state index is 0.183. The van der Waals surface area contributed by atoms with Crippen LogP contribution in [0, 0.1) is 0 Å². The quantitative estimate of drug-likeness (QED) is 0.175. The lowest BCUT2D eigenvalue weighted by molar-refractivity contribution is -0.118. The summed E-state index contributed by atoms with van der Waals surface area (Å²) in [7, 11) is -9.78. The Balaban J connectivity index is 4.72. The molecular formula is C6H13NO11S2. The van der Waals surface area contributed by atoms with E-state index in [9.17, 15) is 36.9 Å². The van der Waals surface area contributed by atoms with Crippen LogP contribution in [-0.2, 0) is 29.7 Å². The van der Waals surface area contributed by atoms with Crippen molar-refractivity contribution in [3.05, 3.63) is 0 Å². The molecule has 14 heteroatoms. The third-order valence-electron chi connectivity index (χ3n) is 1.93. The Morgan fingerprint density at radius 3 is 1.90 bits per heavy atom. The zero-order valence-electron chi connectivity index (χ0n) is 9.60. The van der Waals surface area contributed by atoms with Crippen LogP contribution in [0.2, 0.25) is 0 Å². The number of carbonyl (C=O) groups is 1. The van der Waals surface area contributed by atoms with Crippen molar-refractivity contribution >= 4 is 27.0 Å². The number of hydrogen-bond acceptors (Lipinski definition) is 9. The van der Waals surface area contributed by atoms with Gasteiger partial charge >= 0.3 is 20.7 Å². The normalized spacial score (nSPS) is 19.1. The lowest BCUT2D eigenvalue weighted by Crippen LogP contribution is -2.53. The second-order valence-electron chi connectivity index (χ2n) is 3.52. The van der Waals surface area contributed by atoms with E-state index < -0.39 is 51.7 Å². The van der Waals surface area contributed by atoms with Gasteiger partial charge in [-0.1, -0.05) is 0 Å². The first-order valence-electron chi connectivity index (χ1n) is 4.73. The van der Waals surface area contributed by atoms with Gasteiger partial charge in [0, 0.05) is 0 Å². The van der Waals surface area contributed by atoms with Gasteiger partial charge in [0.25, 0.3) is 0 Å². The molecule has 120 valence electrons. The lowest BCUT2D eigenvalue weighted by Gasteiger charge is -2.25. The molecule has 0 aromatic carbocycles. The maximum atomic E-state index is 10.5. The molecule has 0 aliphatic heterocycles. The first-order chi connectivity index (χ1) is 8.87. The number of nitrogens with one attached hydrogen (secondary N) is 1. The number of aliphatic hydroxyl groups excluding tert-OH is 3. The van der Waals surface area contributed by atoms with Gasteiger partial charge in [0.1, 0.15) is 30.6 Å². The van der Waals surface area contributed by atoms with Gasteiger partial charge in [-0.05, 0) is 0 Å². The van der Waals surface area contributed by atoms with Crippen LogP contribution in [0.15, 0.2) is 0 Å². The molecule has 20 heavy (non-hydrogen) atoms. The molecular weight excluding hydrogens is 326 g/mol. The summed E-state index contributed by atoms with van der Waals surface area (Å²) in [5, 5.41) is 28.0. The highest BCUT2D eigenvalue weighted by Gasteiger charge is 2.34. The molecule has 0 rings (SSSR count). The summed E-state index contributed by atoms with van der Waals surface area (Å²) in [4.78, 5) is 10.5. The van der Waals surface area contributed by atoms with Crippen molar-refractivity contribution in [2.45, 2.75) is 24.4 Å². The highest BCUT2D eigenvalue weighted by atomic mass is 32.3. The van der Waals surface area contributed by atoms with E-state index in [0.717, 1.165) is 0 Å². The second kappa shape index (κ2) is 7.34. The highest BCUT2D eigenvalue weighted by Crippen LogP contribution is 2.06. The predicted octanol–water partition coefficient (Wildman–Crippen LogP) is -4.15. The van der Waals surface area contributed by atoms with Crippen LogP contribution >= 0.6 is 0 Å². The Morgan fingerprint density at radius 1 is 1.05 bits per heavy atom. The van der Waals surface area contributed by atoms with Crippen molar-refractivity contribution in [2.75, 3.05) is 6.61 Å². The van der Waals surface area contributed by atoms with Crippen LogP contribution < -0.4 is 4.72 Å². The molecule has 0 spiro atoms. The molecule has 0 saturated carbocycles. The zero-order chi connectivity index (χ0) is 16.1. The maximum absolute atomic E-state index is 10.5. The van der Waals surface area contributed by atoms with Crippen molar-refractivity contribution in [3.8, 4) is 0 Å². The van der Waals surface area contributed by atoms with E-state index >= 15 is 0 Å². The Labute approximate surface area is 113 Å². The summed E-state index contributed by atoms with van der Waals surface area (Å²) in [6.07, 6.45) is -6.72. The SMILES string of the molecule is O=C[C@H](NS(=O)(=O)O)[C@@H](O)[C@@H](O)[C@H](O)COS(=O)(=O)O. The van der Waals surface area contributed by atoms with Crippen LogP contribution in [0.25, 0.3) is 0 Å². The Hall–Kier alpha value is -0.710. The molecule has 0 unspecified atom stereocenters. The van der Waals surface area contributed by atoms with Crippen molar-refractivity contribution in [1.82, 2.24) is 4.72 Å². The third-order valence-corrected chi connectivity index (χ3v) is 2.94. The van der Waals surface area contributed by atoms with Gasteiger partial charge in [0.2, 0.25) is 0 Å². The topological polar surface area (TPSA) is 208 Å². The van der Waals surface area contributed by atoms with Crippen LogP contribution in [-0.4, -0.2) is 78.5 Å². The molecule has 0 saturated heterocycles. The zero-order valence-corrected chi connectivity index (χ0v) is 11.2. The van der Waals surface area contributed by atoms with Gasteiger partial charge < -0.3 is 20.1 Å². The summed E-state index contributed by atoms with van der Waals surface area (Å²) < 4.78 is 62.9. The molecule has 0 aliphatic rings. The van der Waals surface area contributed by atoms with E-state index in [4.69, 9.17) is 9.11 Å². The number of aliphatic hydroxyl groups is 3. The van der Waals surface area contributed by atoms with E-state index in [0.29, 0.717) is 0 Å². The van der Waals surface area contributed by atoms with Crippen LogP contribution in [0.5, 0.6) is 0 Å². The fraction of sp³-hybridized carbons (Fsp3) is 0.833. The Morgan fingerprint density at radius 2 is 1.55 bits per heavy atom. The predicted molar refractivity (Wildman–Crippen MR) is 60.1 cm³/mol. The van der Waals surface area contributed by atoms with Crippen molar-refractivity contribution in [2.24, 2.45) is 0 Å². The average molecular weight is 339 g/mol. The number of aldehydes is 1. The van der Waals surface area contributed by atoms with E-state index in [-0.39, 0.29) is 6.29 Å². The molecule has 12 nitrogen and oxygen atoms in total. The lowest BCUT2D eigenvalue weighted by atomic mass is 10.0. The van der Waals surface area contributed by atoms with Crippen LogP contribution in [0.3, 0.4) is 0 Å². The largest absolute Gasteiger partial charge is 0.397 e. The summed E-state index contributed by atoms with van der Waals surface area (Å²) in [6, 6.07) is -2.01. The average Bonchev–Trinajstić information content (AvgIpc) is 2.29. The van der Waals surface area contributed by atoms with E-state index in [1.54, 1.807) is 0 Å². The Bertz CT molecular complexity index is 513. The number of carbonyl (C=O) groups excluding carboxylic acids is 1. The fourth-order valence-corrected chi connectivity index (χ4v) is 1.89. The summed E-state index contributed by atoms with van der Waals surface area (Å²) >= 11 is 0. The van der Waals surface area contributed by atoms with Gasteiger partial charge in [-0.15, -0.1) is 0 Å². The second-order valence-corrected chi connectivity index (χ2v) is 5.79. The van der Waals surface area contributed by atoms with Crippen LogP contribution in [0.4, 0.5) is 0 Å². The third kappa shape index (κ3) is 7.78. The van der Waals surface area contributed by atoms with Gasteiger partial charge in [0.05, 0.1) is 6.61 Å². The smallest absolute Gasteiger partial charge is 0.388 e. The van der Waals surface area contributed by atoms with Gasteiger partial charge in [-0.25, -0.2) is 4.18 Å².